The molecule has 0 aliphatic carbocycles. The highest BCUT2D eigenvalue weighted by Gasteiger charge is 2.27. The molecule has 1 heterocycles. The molecule has 0 radical (unpaired) electrons. The fraction of sp³-hybridized carbons (Fsp3) is 1.00. The molecule has 4 heteroatoms. The number of nitrogens with zero attached hydrogens (tertiary/aromatic N) is 1. The molecule has 1 fully saturated rings. The van der Waals surface area contributed by atoms with Gasteiger partial charge in [-0.05, 0) is 13.0 Å². The zero-order valence-electron chi connectivity index (χ0n) is 7.30. The normalized spacial score (nSPS) is 26.5. The Morgan fingerprint density at radius 2 is 2.33 bits per heavy atom. The largest absolute Gasteiger partial charge is 0.370 e. The van der Waals surface area contributed by atoms with Crippen molar-refractivity contribution in [2.75, 3.05) is 26.2 Å². The predicted molar refractivity (Wildman–Crippen MR) is 42.5 cm³/mol. The quantitative estimate of drug-likeness (QED) is 0.648. The monoisotopic (exact) mass is 179 g/mol. The van der Waals surface area contributed by atoms with E-state index in [0.29, 0.717) is 13.2 Å². The van der Waals surface area contributed by atoms with Gasteiger partial charge in [0.25, 0.3) is 6.43 Å². The molecule has 0 amide bonds. The van der Waals surface area contributed by atoms with Gasteiger partial charge in [0.05, 0.1) is 6.61 Å². The van der Waals surface area contributed by atoms with Crippen molar-refractivity contribution < 1.29 is 13.5 Å². The summed E-state index contributed by atoms with van der Waals surface area (Å²) in [6.07, 6.45) is -2.20. The van der Waals surface area contributed by atoms with Crippen LogP contribution >= 0.6 is 0 Å². The van der Waals surface area contributed by atoms with Crippen molar-refractivity contribution in [2.45, 2.75) is 25.9 Å². The van der Waals surface area contributed by atoms with E-state index in [9.17, 15) is 8.78 Å². The van der Waals surface area contributed by atoms with Crippen molar-refractivity contribution in [3.05, 3.63) is 0 Å². The zero-order valence-corrected chi connectivity index (χ0v) is 7.30. The first-order valence-corrected chi connectivity index (χ1v) is 4.36. The van der Waals surface area contributed by atoms with E-state index in [2.05, 4.69) is 0 Å². The maximum absolute atomic E-state index is 12.2. The maximum Gasteiger partial charge on any atom is 0.265 e. The first-order chi connectivity index (χ1) is 5.74. The van der Waals surface area contributed by atoms with Crippen molar-refractivity contribution in [1.82, 2.24) is 4.90 Å². The highest BCUT2D eigenvalue weighted by atomic mass is 19.3. The SMILES string of the molecule is CCCN1CCO[C@@H](C(F)F)C1. The summed E-state index contributed by atoms with van der Waals surface area (Å²) in [5.74, 6) is 0. The van der Waals surface area contributed by atoms with Gasteiger partial charge in [-0.25, -0.2) is 8.78 Å². The summed E-state index contributed by atoms with van der Waals surface area (Å²) in [6.45, 7) is 4.55. The van der Waals surface area contributed by atoms with E-state index < -0.39 is 12.5 Å². The second kappa shape index (κ2) is 4.72. The van der Waals surface area contributed by atoms with E-state index in [0.717, 1.165) is 19.5 Å². The fourth-order valence-corrected chi connectivity index (χ4v) is 1.40. The summed E-state index contributed by atoms with van der Waals surface area (Å²) in [4.78, 5) is 2.03. The summed E-state index contributed by atoms with van der Waals surface area (Å²) >= 11 is 0. The van der Waals surface area contributed by atoms with Gasteiger partial charge in [-0.1, -0.05) is 6.92 Å². The van der Waals surface area contributed by atoms with Crippen LogP contribution in [0.25, 0.3) is 0 Å². The smallest absolute Gasteiger partial charge is 0.265 e. The van der Waals surface area contributed by atoms with Crippen LogP contribution in [0.5, 0.6) is 0 Å². The zero-order chi connectivity index (χ0) is 8.97. The third kappa shape index (κ3) is 2.68. The molecule has 1 rings (SSSR count). The maximum atomic E-state index is 12.2. The first-order valence-electron chi connectivity index (χ1n) is 4.36. The van der Waals surface area contributed by atoms with Crippen LogP contribution in [0.3, 0.4) is 0 Å². The minimum absolute atomic E-state index is 0.380. The lowest BCUT2D eigenvalue weighted by molar-refractivity contribution is -0.102. The molecule has 72 valence electrons. The Balaban J connectivity index is 2.30. The fourth-order valence-electron chi connectivity index (χ4n) is 1.40. The Hall–Kier alpha value is -0.220. The number of hydrogen-bond acceptors (Lipinski definition) is 2. The Morgan fingerprint density at radius 1 is 1.58 bits per heavy atom. The molecule has 2 nitrogen and oxygen atoms in total. The van der Waals surface area contributed by atoms with Crippen molar-refractivity contribution in [2.24, 2.45) is 0 Å². The molecule has 0 aromatic carbocycles. The molecule has 1 atom stereocenters. The van der Waals surface area contributed by atoms with Crippen molar-refractivity contribution in [3.8, 4) is 0 Å². The molecule has 1 aliphatic heterocycles. The second-order valence-corrected chi connectivity index (χ2v) is 3.04. The summed E-state index contributed by atoms with van der Waals surface area (Å²) in [5.41, 5.74) is 0. The van der Waals surface area contributed by atoms with Crippen LogP contribution in [0, 0.1) is 0 Å². The summed E-state index contributed by atoms with van der Waals surface area (Å²) in [6, 6.07) is 0. The molecular formula is C8H15F2NO. The summed E-state index contributed by atoms with van der Waals surface area (Å²) in [5, 5.41) is 0. The van der Waals surface area contributed by atoms with Crippen molar-refractivity contribution >= 4 is 0 Å². The van der Waals surface area contributed by atoms with Crippen molar-refractivity contribution in [3.63, 3.8) is 0 Å². The van der Waals surface area contributed by atoms with E-state index in [1.807, 2.05) is 11.8 Å². The van der Waals surface area contributed by atoms with Gasteiger partial charge >= 0.3 is 0 Å². The van der Waals surface area contributed by atoms with Gasteiger partial charge in [-0.3, -0.25) is 4.90 Å². The van der Waals surface area contributed by atoms with E-state index in [1.165, 1.54) is 0 Å². The standard InChI is InChI=1S/C8H15F2NO/c1-2-3-11-4-5-12-7(6-11)8(9)10/h7-8H,2-6H2,1H3/t7-/m1/s1. The topological polar surface area (TPSA) is 12.5 Å². The molecule has 0 saturated carbocycles. The third-order valence-electron chi connectivity index (χ3n) is 2.00. The van der Waals surface area contributed by atoms with Gasteiger partial charge in [0, 0.05) is 13.1 Å². The van der Waals surface area contributed by atoms with Crippen LogP contribution < -0.4 is 0 Å². The molecule has 0 bridgehead atoms. The number of halogens is 2. The number of ether oxygens (including phenoxy) is 1. The molecule has 12 heavy (non-hydrogen) atoms. The number of alkyl halides is 2. The van der Waals surface area contributed by atoms with Crippen molar-refractivity contribution in [1.29, 1.82) is 0 Å². The van der Waals surface area contributed by atoms with Gasteiger partial charge in [0.15, 0.2) is 0 Å². The average Bonchev–Trinajstić information content (AvgIpc) is 2.05. The third-order valence-corrected chi connectivity index (χ3v) is 2.00. The van der Waals surface area contributed by atoms with Gasteiger partial charge in [0.2, 0.25) is 0 Å². The average molecular weight is 179 g/mol. The lowest BCUT2D eigenvalue weighted by atomic mass is 10.2. The van der Waals surface area contributed by atoms with Crippen LogP contribution in [0.1, 0.15) is 13.3 Å². The molecule has 1 saturated heterocycles. The Kier molecular flexibility index (Phi) is 3.88. The molecule has 0 N–H and O–H groups in total. The van der Waals surface area contributed by atoms with Crippen LogP contribution in [0.4, 0.5) is 8.78 Å². The molecule has 1 aliphatic rings. The Labute approximate surface area is 71.5 Å². The molecule has 0 spiro atoms. The predicted octanol–water partition coefficient (Wildman–Crippen LogP) is 1.36. The van der Waals surface area contributed by atoms with Gasteiger partial charge in [0.1, 0.15) is 6.10 Å². The molecule has 0 aromatic heterocycles. The first kappa shape index (κ1) is 9.86. The lowest BCUT2D eigenvalue weighted by Crippen LogP contribution is -2.45. The van der Waals surface area contributed by atoms with Crippen LogP contribution in [-0.4, -0.2) is 43.7 Å². The van der Waals surface area contributed by atoms with E-state index in [1.54, 1.807) is 0 Å². The Bertz CT molecular complexity index is 130. The van der Waals surface area contributed by atoms with E-state index in [-0.39, 0.29) is 0 Å². The second-order valence-electron chi connectivity index (χ2n) is 3.04. The van der Waals surface area contributed by atoms with Crippen LogP contribution in [0.15, 0.2) is 0 Å². The highest BCUT2D eigenvalue weighted by molar-refractivity contribution is 4.72. The summed E-state index contributed by atoms with van der Waals surface area (Å²) in [7, 11) is 0. The molecule has 0 aromatic rings. The minimum Gasteiger partial charge on any atom is -0.370 e. The summed E-state index contributed by atoms with van der Waals surface area (Å²) < 4.78 is 29.3. The highest BCUT2D eigenvalue weighted by Crippen LogP contribution is 2.12. The van der Waals surface area contributed by atoms with Crippen LogP contribution in [0.2, 0.25) is 0 Å². The van der Waals surface area contributed by atoms with Crippen LogP contribution in [-0.2, 0) is 4.74 Å². The Morgan fingerprint density at radius 3 is 2.92 bits per heavy atom. The van der Waals surface area contributed by atoms with E-state index in [4.69, 9.17) is 4.74 Å². The van der Waals surface area contributed by atoms with E-state index >= 15 is 0 Å². The lowest BCUT2D eigenvalue weighted by Gasteiger charge is -2.32. The number of hydrogen-bond donors (Lipinski definition) is 0. The van der Waals surface area contributed by atoms with Gasteiger partial charge in [-0.2, -0.15) is 0 Å². The van der Waals surface area contributed by atoms with Gasteiger partial charge in [-0.15, -0.1) is 0 Å². The number of rotatable bonds is 3. The molecular weight excluding hydrogens is 164 g/mol. The van der Waals surface area contributed by atoms with Gasteiger partial charge < -0.3 is 4.74 Å². The number of morpholine rings is 1. The minimum atomic E-state index is -2.34. The molecule has 0 unspecified atom stereocenters.